The number of hydrogen-bond acceptors (Lipinski definition) is 4. The first kappa shape index (κ1) is 11.0. The zero-order chi connectivity index (χ0) is 12.4. The Morgan fingerprint density at radius 3 is 2.72 bits per heavy atom. The summed E-state index contributed by atoms with van der Waals surface area (Å²) in [4.78, 5) is 0. The molecule has 0 aliphatic heterocycles. The van der Waals surface area contributed by atoms with E-state index < -0.39 is 0 Å². The third kappa shape index (κ3) is 2.02. The van der Waals surface area contributed by atoms with Crippen LogP contribution in [0, 0.1) is 0 Å². The van der Waals surface area contributed by atoms with Crippen molar-refractivity contribution in [2.75, 3.05) is 11.1 Å². The van der Waals surface area contributed by atoms with Crippen LogP contribution in [-0.4, -0.2) is 4.37 Å². The first-order valence-corrected chi connectivity index (χ1v) is 6.53. The lowest BCUT2D eigenvalue weighted by Crippen LogP contribution is -2.01. The maximum Gasteiger partial charge on any atom is 0.117 e. The molecule has 0 atom stereocenters. The van der Waals surface area contributed by atoms with Gasteiger partial charge in [0.25, 0.3) is 0 Å². The summed E-state index contributed by atoms with van der Waals surface area (Å²) in [6.07, 6.45) is 0. The first-order chi connectivity index (χ1) is 8.84. The van der Waals surface area contributed by atoms with E-state index in [0.717, 1.165) is 33.7 Å². The summed E-state index contributed by atoms with van der Waals surface area (Å²) >= 11 is 1.49. The average molecular weight is 255 g/mol. The molecule has 3 N–H and O–H groups in total. The molecule has 3 nitrogen and oxygen atoms in total. The number of hydrogen-bond donors (Lipinski definition) is 2. The van der Waals surface area contributed by atoms with Crippen molar-refractivity contribution in [3.63, 3.8) is 0 Å². The lowest BCUT2D eigenvalue weighted by Gasteiger charge is -2.06. The summed E-state index contributed by atoms with van der Waals surface area (Å²) in [5.41, 5.74) is 8.88. The van der Waals surface area contributed by atoms with E-state index in [4.69, 9.17) is 5.73 Å². The van der Waals surface area contributed by atoms with E-state index in [9.17, 15) is 0 Å². The van der Waals surface area contributed by atoms with Crippen LogP contribution in [0.15, 0.2) is 48.5 Å². The largest absolute Gasteiger partial charge is 0.398 e. The topological polar surface area (TPSA) is 50.9 Å². The van der Waals surface area contributed by atoms with E-state index in [-0.39, 0.29) is 0 Å². The molecule has 3 aromatic rings. The fourth-order valence-electron chi connectivity index (χ4n) is 1.89. The smallest absolute Gasteiger partial charge is 0.117 e. The van der Waals surface area contributed by atoms with Gasteiger partial charge >= 0.3 is 0 Å². The number of benzene rings is 2. The van der Waals surface area contributed by atoms with Crippen LogP contribution in [0.1, 0.15) is 5.56 Å². The van der Waals surface area contributed by atoms with Gasteiger partial charge in [-0.25, -0.2) is 0 Å². The molecule has 0 saturated heterocycles. The van der Waals surface area contributed by atoms with Gasteiger partial charge in [0, 0.05) is 17.6 Å². The van der Waals surface area contributed by atoms with Gasteiger partial charge in [-0.2, -0.15) is 4.37 Å². The van der Waals surface area contributed by atoms with Crippen molar-refractivity contribution in [1.82, 2.24) is 4.37 Å². The Morgan fingerprint density at radius 2 is 1.83 bits per heavy atom. The minimum Gasteiger partial charge on any atom is -0.398 e. The molecule has 0 aliphatic carbocycles. The van der Waals surface area contributed by atoms with Crippen LogP contribution in [0.5, 0.6) is 0 Å². The van der Waals surface area contributed by atoms with E-state index in [1.807, 2.05) is 42.5 Å². The standard InChI is InChI=1S/C14H13N3S/c15-12-7-3-1-5-10(12)9-16-14-11-6-2-4-8-13(11)17-18-14/h1-8,16H,9,15H2. The summed E-state index contributed by atoms with van der Waals surface area (Å²) in [5.74, 6) is 0. The van der Waals surface area contributed by atoms with E-state index in [1.165, 1.54) is 11.5 Å². The first-order valence-electron chi connectivity index (χ1n) is 5.76. The Bertz CT molecular complexity index is 675. The molecule has 0 amide bonds. The second kappa shape index (κ2) is 4.66. The van der Waals surface area contributed by atoms with Crippen molar-refractivity contribution in [2.24, 2.45) is 0 Å². The summed E-state index contributed by atoms with van der Waals surface area (Å²) in [7, 11) is 0. The van der Waals surface area contributed by atoms with Crippen LogP contribution in [-0.2, 0) is 6.54 Å². The number of nitrogens with one attached hydrogen (secondary N) is 1. The highest BCUT2D eigenvalue weighted by Crippen LogP contribution is 2.28. The van der Waals surface area contributed by atoms with E-state index >= 15 is 0 Å². The monoisotopic (exact) mass is 255 g/mol. The number of fused-ring (bicyclic) bond motifs is 1. The van der Waals surface area contributed by atoms with Gasteiger partial charge in [-0.3, -0.25) is 0 Å². The van der Waals surface area contributed by atoms with E-state index in [0.29, 0.717) is 0 Å². The molecule has 90 valence electrons. The summed E-state index contributed by atoms with van der Waals surface area (Å²) in [6.45, 7) is 0.721. The fraction of sp³-hybridized carbons (Fsp3) is 0.0714. The van der Waals surface area contributed by atoms with Gasteiger partial charge in [0.05, 0.1) is 5.52 Å². The molecule has 0 radical (unpaired) electrons. The van der Waals surface area contributed by atoms with Gasteiger partial charge in [0.1, 0.15) is 5.00 Å². The predicted octanol–water partition coefficient (Wildman–Crippen LogP) is 3.49. The molecule has 0 bridgehead atoms. The average Bonchev–Trinajstić information content (AvgIpc) is 2.81. The number of anilines is 2. The molecule has 2 aromatic carbocycles. The number of para-hydroxylation sites is 1. The Kier molecular flexibility index (Phi) is 2.86. The van der Waals surface area contributed by atoms with Crippen molar-refractivity contribution in [2.45, 2.75) is 6.54 Å². The molecule has 3 rings (SSSR count). The van der Waals surface area contributed by atoms with Crippen LogP contribution in [0.2, 0.25) is 0 Å². The maximum absolute atomic E-state index is 5.92. The minimum absolute atomic E-state index is 0.721. The van der Waals surface area contributed by atoms with E-state index in [1.54, 1.807) is 0 Å². The third-order valence-electron chi connectivity index (χ3n) is 2.88. The van der Waals surface area contributed by atoms with Crippen molar-refractivity contribution in [3.05, 3.63) is 54.1 Å². The van der Waals surface area contributed by atoms with Gasteiger partial charge in [0.15, 0.2) is 0 Å². The molecular weight excluding hydrogens is 242 g/mol. The highest BCUT2D eigenvalue weighted by molar-refractivity contribution is 7.11. The molecular formula is C14H13N3S. The van der Waals surface area contributed by atoms with Gasteiger partial charge in [0.2, 0.25) is 0 Å². The molecule has 1 aromatic heterocycles. The molecule has 0 unspecified atom stereocenters. The van der Waals surface area contributed by atoms with Crippen molar-refractivity contribution in [1.29, 1.82) is 0 Å². The SMILES string of the molecule is Nc1ccccc1CNc1snc2ccccc12. The Morgan fingerprint density at radius 1 is 1.06 bits per heavy atom. The minimum atomic E-state index is 0.721. The maximum atomic E-state index is 5.92. The normalized spacial score (nSPS) is 10.7. The number of rotatable bonds is 3. The summed E-state index contributed by atoms with van der Waals surface area (Å²) < 4.78 is 4.40. The fourth-order valence-corrected chi connectivity index (χ4v) is 2.64. The third-order valence-corrected chi connectivity index (χ3v) is 3.71. The zero-order valence-corrected chi connectivity index (χ0v) is 10.6. The highest BCUT2D eigenvalue weighted by Gasteiger charge is 2.05. The van der Waals surface area contributed by atoms with Crippen LogP contribution >= 0.6 is 11.5 Å². The summed E-state index contributed by atoms with van der Waals surface area (Å²) in [6, 6.07) is 16.0. The van der Waals surface area contributed by atoms with Crippen molar-refractivity contribution >= 4 is 33.1 Å². The Labute approximate surface area is 109 Å². The molecule has 0 aliphatic rings. The molecule has 0 fully saturated rings. The number of aromatic nitrogens is 1. The lowest BCUT2D eigenvalue weighted by atomic mass is 10.2. The van der Waals surface area contributed by atoms with Crippen LogP contribution in [0.4, 0.5) is 10.7 Å². The molecule has 0 saturated carbocycles. The van der Waals surface area contributed by atoms with Crippen LogP contribution in [0.3, 0.4) is 0 Å². The number of nitrogens with zero attached hydrogens (tertiary/aromatic N) is 1. The van der Waals surface area contributed by atoms with Crippen LogP contribution < -0.4 is 11.1 Å². The quantitative estimate of drug-likeness (QED) is 0.704. The van der Waals surface area contributed by atoms with Gasteiger partial charge in [-0.1, -0.05) is 30.3 Å². The summed E-state index contributed by atoms with van der Waals surface area (Å²) in [5, 5.41) is 5.66. The molecule has 0 spiro atoms. The molecule has 4 heteroatoms. The van der Waals surface area contributed by atoms with E-state index in [2.05, 4.69) is 15.8 Å². The van der Waals surface area contributed by atoms with Gasteiger partial charge in [-0.05, 0) is 35.3 Å². The van der Waals surface area contributed by atoms with Crippen LogP contribution in [0.25, 0.3) is 10.9 Å². The van der Waals surface area contributed by atoms with Gasteiger partial charge in [-0.15, -0.1) is 0 Å². The number of nitrogen functional groups attached to an aromatic ring is 1. The zero-order valence-electron chi connectivity index (χ0n) is 9.76. The predicted molar refractivity (Wildman–Crippen MR) is 77.8 cm³/mol. The highest BCUT2D eigenvalue weighted by atomic mass is 32.1. The van der Waals surface area contributed by atoms with Crippen molar-refractivity contribution in [3.8, 4) is 0 Å². The Balaban J connectivity index is 1.83. The Hall–Kier alpha value is -2.07. The molecule has 1 heterocycles. The second-order valence-corrected chi connectivity index (χ2v) is 4.85. The number of nitrogens with two attached hydrogens (primary N) is 1. The molecule has 18 heavy (non-hydrogen) atoms. The lowest BCUT2D eigenvalue weighted by molar-refractivity contribution is 1.17. The van der Waals surface area contributed by atoms with Crippen molar-refractivity contribution < 1.29 is 0 Å². The second-order valence-electron chi connectivity index (χ2n) is 4.08. The van der Waals surface area contributed by atoms with Gasteiger partial charge < -0.3 is 11.1 Å².